The fraction of sp³-hybridized carbons (Fsp3) is 0.125. The predicted molar refractivity (Wildman–Crippen MR) is 40.6 cm³/mol. The van der Waals surface area contributed by atoms with Crippen molar-refractivity contribution in [3.05, 3.63) is 28.4 Å². The third-order valence-corrected chi connectivity index (χ3v) is 1.73. The molecule has 4 nitrogen and oxygen atoms in total. The fourth-order valence-corrected chi connectivity index (χ4v) is 1.08. The molecule has 2 rings (SSSR count). The van der Waals surface area contributed by atoms with Gasteiger partial charge in [0.2, 0.25) is 0 Å². The standard InChI is InChI=1S/C8H6N2O2/c1-4-2-5-6(3-7(4)11)10-8(12)9-5/h2-3,11H,1H3. The maximum absolute atomic E-state index is 10.7. The van der Waals surface area contributed by atoms with Crippen LogP contribution in [0.3, 0.4) is 0 Å². The lowest BCUT2D eigenvalue weighted by Crippen LogP contribution is -2.21. The molecule has 1 aromatic carbocycles. The summed E-state index contributed by atoms with van der Waals surface area (Å²) in [6.07, 6.45) is 0. The highest BCUT2D eigenvalue weighted by Crippen LogP contribution is 2.09. The first-order chi connectivity index (χ1) is 5.66. The van der Waals surface area contributed by atoms with Crippen LogP contribution in [0.1, 0.15) is 5.56 Å². The van der Waals surface area contributed by atoms with Crippen molar-refractivity contribution in [1.82, 2.24) is 0 Å². The van der Waals surface area contributed by atoms with Crippen molar-refractivity contribution in [2.24, 2.45) is 9.98 Å². The van der Waals surface area contributed by atoms with E-state index < -0.39 is 6.03 Å². The van der Waals surface area contributed by atoms with Crippen LogP contribution in [-0.4, -0.2) is 11.1 Å². The minimum absolute atomic E-state index is 0.141. The van der Waals surface area contributed by atoms with Crippen molar-refractivity contribution >= 4 is 6.03 Å². The number of urea groups is 1. The molecule has 4 heteroatoms. The van der Waals surface area contributed by atoms with E-state index >= 15 is 0 Å². The van der Waals surface area contributed by atoms with Crippen LogP contribution in [0.4, 0.5) is 4.79 Å². The number of rotatable bonds is 0. The smallest absolute Gasteiger partial charge is 0.368 e. The molecule has 0 spiro atoms. The van der Waals surface area contributed by atoms with E-state index in [1.807, 2.05) is 0 Å². The van der Waals surface area contributed by atoms with E-state index in [1.165, 1.54) is 6.07 Å². The van der Waals surface area contributed by atoms with Gasteiger partial charge in [0, 0.05) is 6.07 Å². The summed E-state index contributed by atoms with van der Waals surface area (Å²) in [5, 5.41) is 10.2. The van der Waals surface area contributed by atoms with E-state index in [-0.39, 0.29) is 5.75 Å². The minimum Gasteiger partial charge on any atom is -0.508 e. The number of aromatic hydroxyl groups is 1. The molecule has 60 valence electrons. The number of nitrogens with zero attached hydrogens (tertiary/aromatic N) is 2. The van der Waals surface area contributed by atoms with E-state index in [0.717, 1.165) is 0 Å². The zero-order valence-corrected chi connectivity index (χ0v) is 6.40. The molecule has 1 aliphatic rings. The zero-order valence-electron chi connectivity index (χ0n) is 6.40. The topological polar surface area (TPSA) is 62.0 Å². The van der Waals surface area contributed by atoms with Gasteiger partial charge in [0.05, 0.1) is 10.7 Å². The van der Waals surface area contributed by atoms with Crippen molar-refractivity contribution in [2.45, 2.75) is 6.92 Å². The van der Waals surface area contributed by atoms with Crippen molar-refractivity contribution in [1.29, 1.82) is 0 Å². The summed E-state index contributed by atoms with van der Waals surface area (Å²) < 4.78 is 0. The van der Waals surface area contributed by atoms with Gasteiger partial charge >= 0.3 is 6.03 Å². The van der Waals surface area contributed by atoms with Crippen LogP contribution in [0.2, 0.25) is 0 Å². The van der Waals surface area contributed by atoms with Gasteiger partial charge in [-0.25, -0.2) is 4.79 Å². The minimum atomic E-state index is -0.505. The van der Waals surface area contributed by atoms with Gasteiger partial charge in [0.15, 0.2) is 0 Å². The number of fused-ring (bicyclic) bond motifs is 1. The van der Waals surface area contributed by atoms with E-state index in [9.17, 15) is 9.90 Å². The molecule has 1 N–H and O–H groups in total. The Hall–Kier alpha value is -1.71. The second-order valence-electron chi connectivity index (χ2n) is 2.63. The lowest BCUT2D eigenvalue weighted by Gasteiger charge is -1.93. The van der Waals surface area contributed by atoms with Crippen molar-refractivity contribution in [2.75, 3.05) is 0 Å². The number of aryl methyl sites for hydroxylation is 1. The van der Waals surface area contributed by atoms with Gasteiger partial charge in [0.1, 0.15) is 5.75 Å². The van der Waals surface area contributed by atoms with Gasteiger partial charge in [-0.2, -0.15) is 9.98 Å². The molecule has 0 aromatic heterocycles. The Labute approximate surface area is 67.9 Å². The van der Waals surface area contributed by atoms with Crippen LogP contribution in [0, 0.1) is 6.92 Å². The van der Waals surface area contributed by atoms with Crippen LogP contribution < -0.4 is 10.7 Å². The maximum atomic E-state index is 10.7. The molecule has 0 saturated heterocycles. The van der Waals surface area contributed by atoms with Gasteiger partial charge in [-0.15, -0.1) is 0 Å². The van der Waals surface area contributed by atoms with E-state index in [0.29, 0.717) is 16.3 Å². The summed E-state index contributed by atoms with van der Waals surface area (Å²) in [6.45, 7) is 1.74. The largest absolute Gasteiger partial charge is 0.508 e. The second-order valence-corrected chi connectivity index (χ2v) is 2.63. The van der Waals surface area contributed by atoms with Crippen LogP contribution in [0.25, 0.3) is 0 Å². The van der Waals surface area contributed by atoms with Gasteiger partial charge in [-0.1, -0.05) is 0 Å². The monoisotopic (exact) mass is 162 g/mol. The molecular weight excluding hydrogens is 156 g/mol. The average Bonchev–Trinajstić information content (AvgIpc) is 2.30. The van der Waals surface area contributed by atoms with E-state index in [2.05, 4.69) is 9.98 Å². The number of phenols is 1. The SMILES string of the molecule is Cc1cc2c(cc1O)=NC(=O)N=2. The quantitative estimate of drug-likeness (QED) is 0.586. The number of carbonyl (C=O) groups excluding carboxylic acids is 1. The molecule has 1 aliphatic heterocycles. The number of benzene rings is 1. The zero-order chi connectivity index (χ0) is 8.72. The number of carbonyl (C=O) groups is 1. The molecule has 0 saturated carbocycles. The molecule has 0 bridgehead atoms. The molecule has 1 heterocycles. The number of hydrogen-bond acceptors (Lipinski definition) is 2. The second kappa shape index (κ2) is 2.14. The lowest BCUT2D eigenvalue weighted by molar-refractivity contribution is 0.256. The molecule has 1 aromatic rings. The predicted octanol–water partition coefficient (Wildman–Crippen LogP) is 0.0734. The molecule has 0 unspecified atom stereocenters. The van der Waals surface area contributed by atoms with E-state index in [1.54, 1.807) is 13.0 Å². The summed E-state index contributed by atoms with van der Waals surface area (Å²) in [5.74, 6) is 0.141. The molecular formula is C8H6N2O2. The lowest BCUT2D eigenvalue weighted by atomic mass is 10.2. The third-order valence-electron chi connectivity index (χ3n) is 1.73. The molecule has 0 atom stereocenters. The number of phenolic OH excluding ortho intramolecular Hbond substituents is 1. The Bertz CT molecular complexity index is 434. The molecule has 12 heavy (non-hydrogen) atoms. The summed E-state index contributed by atoms with van der Waals surface area (Å²) >= 11 is 0. The molecule has 0 aliphatic carbocycles. The Morgan fingerprint density at radius 1 is 1.25 bits per heavy atom. The van der Waals surface area contributed by atoms with Crippen LogP contribution >= 0.6 is 0 Å². The molecule has 0 radical (unpaired) electrons. The van der Waals surface area contributed by atoms with Crippen LogP contribution in [0.5, 0.6) is 5.75 Å². The highest BCUT2D eigenvalue weighted by molar-refractivity contribution is 5.77. The molecule has 0 fully saturated rings. The Balaban J connectivity index is 2.89. The van der Waals surface area contributed by atoms with Gasteiger partial charge < -0.3 is 5.11 Å². The highest BCUT2D eigenvalue weighted by Gasteiger charge is 2.06. The first kappa shape index (κ1) is 6.97. The summed E-state index contributed by atoms with van der Waals surface area (Å²) in [7, 11) is 0. The van der Waals surface area contributed by atoms with Crippen molar-refractivity contribution in [3.8, 4) is 5.75 Å². The summed E-state index contributed by atoms with van der Waals surface area (Å²) in [6, 6.07) is 2.58. The molecule has 2 amide bonds. The third kappa shape index (κ3) is 0.887. The van der Waals surface area contributed by atoms with Crippen LogP contribution in [-0.2, 0) is 0 Å². The van der Waals surface area contributed by atoms with Crippen molar-refractivity contribution < 1.29 is 9.90 Å². The van der Waals surface area contributed by atoms with Crippen LogP contribution in [0.15, 0.2) is 22.1 Å². The summed E-state index contributed by atoms with van der Waals surface area (Å²) in [5.41, 5.74) is 0.697. The van der Waals surface area contributed by atoms with Gasteiger partial charge in [-0.05, 0) is 18.6 Å². The average molecular weight is 162 g/mol. The van der Waals surface area contributed by atoms with Gasteiger partial charge in [0.25, 0.3) is 0 Å². The Morgan fingerprint density at radius 3 is 2.50 bits per heavy atom. The Morgan fingerprint density at radius 2 is 1.83 bits per heavy atom. The van der Waals surface area contributed by atoms with Crippen molar-refractivity contribution in [3.63, 3.8) is 0 Å². The highest BCUT2D eigenvalue weighted by atomic mass is 16.3. The normalized spacial score (nSPS) is 13.6. The number of hydrogen-bond donors (Lipinski definition) is 1. The first-order valence-electron chi connectivity index (χ1n) is 3.48. The Kier molecular flexibility index (Phi) is 1.24. The van der Waals surface area contributed by atoms with Gasteiger partial charge in [-0.3, -0.25) is 0 Å². The fourth-order valence-electron chi connectivity index (χ4n) is 1.08. The van der Waals surface area contributed by atoms with E-state index in [4.69, 9.17) is 0 Å². The maximum Gasteiger partial charge on any atom is 0.368 e. The first-order valence-corrected chi connectivity index (χ1v) is 3.48. The summed E-state index contributed by atoms with van der Waals surface area (Å²) in [4.78, 5) is 17.9. The number of amides is 2.